The molecule has 0 amide bonds. The van der Waals surface area contributed by atoms with Crippen molar-refractivity contribution in [3.63, 3.8) is 0 Å². The van der Waals surface area contributed by atoms with Gasteiger partial charge >= 0.3 is 0 Å². The maximum absolute atomic E-state index is 12.6. The molecule has 1 heterocycles. The normalized spacial score (nSPS) is 21.3. The minimum absolute atomic E-state index is 0.178. The fraction of sp³-hybridized carbons (Fsp3) is 0.500. The topological polar surface area (TPSA) is 81.9 Å². The van der Waals surface area contributed by atoms with E-state index in [9.17, 15) is 8.42 Å². The molecule has 0 radical (unpaired) electrons. The van der Waals surface area contributed by atoms with Crippen LogP contribution in [0.2, 0.25) is 0 Å². The van der Waals surface area contributed by atoms with Crippen LogP contribution in [0.15, 0.2) is 23.1 Å². The van der Waals surface area contributed by atoms with Crippen molar-refractivity contribution in [2.75, 3.05) is 32.6 Å². The first kappa shape index (κ1) is 14.1. The number of benzene rings is 1. The van der Waals surface area contributed by atoms with Crippen LogP contribution in [0.4, 0.5) is 5.69 Å². The summed E-state index contributed by atoms with van der Waals surface area (Å²) in [6.45, 7) is 3.00. The van der Waals surface area contributed by atoms with Gasteiger partial charge in [-0.2, -0.15) is 4.31 Å². The van der Waals surface area contributed by atoms with Gasteiger partial charge in [-0.1, -0.05) is 0 Å². The highest BCUT2D eigenvalue weighted by Crippen LogP contribution is 2.28. The Kier molecular flexibility index (Phi) is 3.98. The van der Waals surface area contributed by atoms with Crippen molar-refractivity contribution in [2.45, 2.75) is 17.9 Å². The van der Waals surface area contributed by atoms with Crippen molar-refractivity contribution in [2.24, 2.45) is 0 Å². The molecule has 1 atom stereocenters. The summed E-state index contributed by atoms with van der Waals surface area (Å²) in [5.41, 5.74) is 6.11. The lowest BCUT2D eigenvalue weighted by molar-refractivity contribution is 0.0392. The van der Waals surface area contributed by atoms with Crippen molar-refractivity contribution >= 4 is 15.7 Å². The Hall–Kier alpha value is -1.31. The van der Waals surface area contributed by atoms with Gasteiger partial charge in [0.15, 0.2) is 0 Å². The van der Waals surface area contributed by atoms with Gasteiger partial charge < -0.3 is 15.2 Å². The third-order valence-corrected chi connectivity index (χ3v) is 5.13. The number of hydrogen-bond acceptors (Lipinski definition) is 5. The molecule has 1 aliphatic heterocycles. The predicted molar refractivity (Wildman–Crippen MR) is 71.6 cm³/mol. The monoisotopic (exact) mass is 286 g/mol. The summed E-state index contributed by atoms with van der Waals surface area (Å²) in [6, 6.07) is 4.31. The molecule has 0 saturated carbocycles. The average Bonchev–Trinajstić information content (AvgIpc) is 2.39. The van der Waals surface area contributed by atoms with E-state index >= 15 is 0 Å². The Bertz CT molecular complexity index is 559. The number of nitrogens with two attached hydrogens (primary N) is 1. The highest BCUT2D eigenvalue weighted by atomic mass is 32.2. The standard InChI is InChI=1S/C12H18N2O4S/c1-9-8-18-6-5-14(9)19(15,16)10-3-4-11(13)12(7-10)17-2/h3-4,7,9H,5-6,8,13H2,1-2H3/t9-/m1/s1. The molecule has 1 fully saturated rings. The molecule has 6 nitrogen and oxygen atoms in total. The van der Waals surface area contributed by atoms with Crippen LogP contribution >= 0.6 is 0 Å². The fourth-order valence-corrected chi connectivity index (χ4v) is 3.67. The third kappa shape index (κ3) is 2.68. The molecule has 0 aliphatic carbocycles. The van der Waals surface area contributed by atoms with Gasteiger partial charge in [-0.25, -0.2) is 8.42 Å². The summed E-state index contributed by atoms with van der Waals surface area (Å²) in [5.74, 6) is 0.363. The first-order valence-corrected chi connectivity index (χ1v) is 7.44. The molecule has 0 aromatic heterocycles. The van der Waals surface area contributed by atoms with E-state index in [2.05, 4.69) is 0 Å². The van der Waals surface area contributed by atoms with E-state index < -0.39 is 10.0 Å². The molecule has 106 valence electrons. The molecular weight excluding hydrogens is 268 g/mol. The van der Waals surface area contributed by atoms with E-state index in [1.807, 2.05) is 6.92 Å². The second kappa shape index (κ2) is 5.36. The van der Waals surface area contributed by atoms with Crippen LogP contribution < -0.4 is 10.5 Å². The number of rotatable bonds is 3. The van der Waals surface area contributed by atoms with Crippen molar-refractivity contribution in [3.05, 3.63) is 18.2 Å². The van der Waals surface area contributed by atoms with Crippen LogP contribution in [-0.4, -0.2) is 45.6 Å². The first-order valence-electron chi connectivity index (χ1n) is 6.00. The highest BCUT2D eigenvalue weighted by Gasteiger charge is 2.31. The van der Waals surface area contributed by atoms with Crippen LogP contribution in [0.1, 0.15) is 6.92 Å². The zero-order valence-electron chi connectivity index (χ0n) is 11.0. The van der Waals surface area contributed by atoms with Crippen molar-refractivity contribution in [1.29, 1.82) is 0 Å². The lowest BCUT2D eigenvalue weighted by Crippen LogP contribution is -2.46. The Morgan fingerprint density at radius 2 is 2.21 bits per heavy atom. The molecule has 1 saturated heterocycles. The zero-order valence-corrected chi connectivity index (χ0v) is 11.8. The molecule has 0 unspecified atom stereocenters. The third-order valence-electron chi connectivity index (χ3n) is 3.12. The number of ether oxygens (including phenoxy) is 2. The summed E-state index contributed by atoms with van der Waals surface area (Å²) in [7, 11) is -2.09. The molecular formula is C12H18N2O4S. The van der Waals surface area contributed by atoms with Gasteiger partial charge in [0, 0.05) is 18.7 Å². The van der Waals surface area contributed by atoms with Crippen LogP contribution in [0.3, 0.4) is 0 Å². The molecule has 1 aromatic rings. The molecule has 2 rings (SSSR count). The van der Waals surface area contributed by atoms with E-state index in [4.69, 9.17) is 15.2 Å². The lowest BCUT2D eigenvalue weighted by atomic mass is 10.3. The van der Waals surface area contributed by atoms with E-state index in [1.165, 1.54) is 29.6 Å². The van der Waals surface area contributed by atoms with Gasteiger partial charge in [-0.3, -0.25) is 0 Å². The predicted octanol–water partition coefficient (Wildman–Crippen LogP) is 0.687. The molecule has 1 aliphatic rings. The van der Waals surface area contributed by atoms with E-state index in [0.29, 0.717) is 31.2 Å². The van der Waals surface area contributed by atoms with Crippen LogP contribution in [0.25, 0.3) is 0 Å². The maximum atomic E-state index is 12.6. The molecule has 19 heavy (non-hydrogen) atoms. The summed E-state index contributed by atoms with van der Waals surface area (Å²) >= 11 is 0. The quantitative estimate of drug-likeness (QED) is 0.827. The average molecular weight is 286 g/mol. The number of sulfonamides is 1. The van der Waals surface area contributed by atoms with Gasteiger partial charge in [-0.15, -0.1) is 0 Å². The van der Waals surface area contributed by atoms with Gasteiger partial charge in [0.05, 0.1) is 30.9 Å². The fourth-order valence-electron chi connectivity index (χ4n) is 2.06. The molecule has 2 N–H and O–H groups in total. The summed E-state index contributed by atoms with van der Waals surface area (Å²) < 4.78 is 36.9. The minimum Gasteiger partial charge on any atom is -0.495 e. The van der Waals surface area contributed by atoms with Crippen LogP contribution in [0, 0.1) is 0 Å². The van der Waals surface area contributed by atoms with Gasteiger partial charge in [0.2, 0.25) is 10.0 Å². The van der Waals surface area contributed by atoms with Crippen LogP contribution in [-0.2, 0) is 14.8 Å². The zero-order chi connectivity index (χ0) is 14.0. The molecule has 0 bridgehead atoms. The summed E-state index contributed by atoms with van der Waals surface area (Å²) in [5, 5.41) is 0. The number of nitrogens with zero attached hydrogens (tertiary/aromatic N) is 1. The van der Waals surface area contributed by atoms with E-state index in [1.54, 1.807) is 0 Å². The van der Waals surface area contributed by atoms with E-state index in [-0.39, 0.29) is 10.9 Å². The van der Waals surface area contributed by atoms with Crippen molar-refractivity contribution < 1.29 is 17.9 Å². The second-order valence-corrected chi connectivity index (χ2v) is 6.33. The number of morpholine rings is 1. The Morgan fingerprint density at radius 3 is 2.84 bits per heavy atom. The molecule has 0 spiro atoms. The van der Waals surface area contributed by atoms with Gasteiger partial charge in [-0.05, 0) is 19.1 Å². The Morgan fingerprint density at radius 1 is 1.47 bits per heavy atom. The largest absolute Gasteiger partial charge is 0.495 e. The minimum atomic E-state index is -3.54. The van der Waals surface area contributed by atoms with Crippen molar-refractivity contribution in [3.8, 4) is 5.75 Å². The number of methoxy groups -OCH3 is 1. The second-order valence-electron chi connectivity index (χ2n) is 4.44. The SMILES string of the molecule is COc1cc(S(=O)(=O)N2CCOC[C@H]2C)ccc1N. The smallest absolute Gasteiger partial charge is 0.243 e. The van der Waals surface area contributed by atoms with Crippen LogP contribution in [0.5, 0.6) is 5.75 Å². The molecule has 7 heteroatoms. The van der Waals surface area contributed by atoms with Crippen molar-refractivity contribution in [1.82, 2.24) is 4.31 Å². The Labute approximate surface area is 113 Å². The maximum Gasteiger partial charge on any atom is 0.243 e. The van der Waals surface area contributed by atoms with Gasteiger partial charge in [0.1, 0.15) is 5.75 Å². The van der Waals surface area contributed by atoms with E-state index in [0.717, 1.165) is 0 Å². The molecule has 1 aromatic carbocycles. The first-order chi connectivity index (χ1) is 8.96. The number of anilines is 1. The number of nitrogen functional groups attached to an aromatic ring is 1. The highest BCUT2D eigenvalue weighted by molar-refractivity contribution is 7.89. The Balaban J connectivity index is 2.38. The number of hydrogen-bond donors (Lipinski definition) is 1. The lowest BCUT2D eigenvalue weighted by Gasteiger charge is -2.32. The summed E-state index contributed by atoms with van der Waals surface area (Å²) in [6.07, 6.45) is 0. The summed E-state index contributed by atoms with van der Waals surface area (Å²) in [4.78, 5) is 0.187. The van der Waals surface area contributed by atoms with Gasteiger partial charge in [0.25, 0.3) is 0 Å².